The molecule has 5 aromatic rings. The van der Waals surface area contributed by atoms with Crippen molar-refractivity contribution >= 4 is 44.2 Å². The summed E-state index contributed by atoms with van der Waals surface area (Å²) in [6.45, 7) is 0. The monoisotopic (exact) mass is 305 g/mol. The first-order valence-electron chi connectivity index (χ1n) is 8.16. The van der Waals surface area contributed by atoms with Crippen LogP contribution in [0.5, 0.6) is 0 Å². The van der Waals surface area contributed by atoms with E-state index in [1.807, 2.05) is 24.4 Å². The van der Waals surface area contributed by atoms with Crippen molar-refractivity contribution in [2.24, 2.45) is 4.99 Å². The lowest BCUT2D eigenvalue weighted by molar-refractivity contribution is 1.57. The first-order valence-corrected chi connectivity index (χ1v) is 8.16. The molecule has 0 aliphatic heterocycles. The summed E-state index contributed by atoms with van der Waals surface area (Å²) in [7, 11) is 0. The smallest absolute Gasteiger partial charge is 0.0708 e. The standard InChI is InChI=1S/C23H15N/c1-2-5-16(6-3-1)15-24-21-14-12-19-10-9-17-7-4-8-18-11-13-20(21)23(19)22(17)18/h1-15H. The Kier molecular flexibility index (Phi) is 2.86. The Hall–Kier alpha value is -3.19. The van der Waals surface area contributed by atoms with Gasteiger partial charge in [-0.1, -0.05) is 78.9 Å². The zero-order chi connectivity index (χ0) is 15.9. The van der Waals surface area contributed by atoms with Crippen molar-refractivity contribution in [2.45, 2.75) is 0 Å². The molecule has 0 atom stereocenters. The van der Waals surface area contributed by atoms with Crippen LogP contribution in [0.3, 0.4) is 0 Å². The van der Waals surface area contributed by atoms with Gasteiger partial charge < -0.3 is 0 Å². The molecule has 0 spiro atoms. The topological polar surface area (TPSA) is 12.4 Å². The van der Waals surface area contributed by atoms with Crippen LogP contribution in [0.4, 0.5) is 5.69 Å². The number of nitrogens with zero attached hydrogens (tertiary/aromatic N) is 1. The van der Waals surface area contributed by atoms with E-state index in [0.717, 1.165) is 11.3 Å². The lowest BCUT2D eigenvalue weighted by Crippen LogP contribution is -1.84. The predicted octanol–water partition coefficient (Wildman–Crippen LogP) is 6.33. The molecule has 0 radical (unpaired) electrons. The summed E-state index contributed by atoms with van der Waals surface area (Å²) in [4.78, 5) is 4.76. The van der Waals surface area contributed by atoms with Gasteiger partial charge in [0.15, 0.2) is 0 Å². The Bertz CT molecular complexity index is 1170. The molecule has 0 fully saturated rings. The Balaban J connectivity index is 1.80. The van der Waals surface area contributed by atoms with Crippen molar-refractivity contribution in [1.82, 2.24) is 0 Å². The average molecular weight is 305 g/mol. The molecule has 5 rings (SSSR count). The maximum Gasteiger partial charge on any atom is 0.0708 e. The third-order valence-corrected chi connectivity index (χ3v) is 4.66. The number of benzene rings is 5. The van der Waals surface area contributed by atoms with Gasteiger partial charge in [0.1, 0.15) is 0 Å². The summed E-state index contributed by atoms with van der Waals surface area (Å²) in [6.07, 6.45) is 1.94. The number of rotatable bonds is 2. The van der Waals surface area contributed by atoms with E-state index in [-0.39, 0.29) is 0 Å². The molecule has 5 aromatic carbocycles. The lowest BCUT2D eigenvalue weighted by atomic mass is 9.93. The fraction of sp³-hybridized carbons (Fsp3) is 0. The molecule has 0 N–H and O–H groups in total. The molecule has 0 heterocycles. The van der Waals surface area contributed by atoms with E-state index in [9.17, 15) is 0 Å². The molecule has 0 saturated carbocycles. The largest absolute Gasteiger partial charge is 0.256 e. The van der Waals surface area contributed by atoms with E-state index in [0.29, 0.717) is 0 Å². The molecule has 0 unspecified atom stereocenters. The van der Waals surface area contributed by atoms with Crippen LogP contribution in [0.25, 0.3) is 32.3 Å². The second-order valence-electron chi connectivity index (χ2n) is 6.11. The number of aliphatic imine (C=N–C) groups is 1. The third-order valence-electron chi connectivity index (χ3n) is 4.66. The Labute approximate surface area is 140 Å². The van der Waals surface area contributed by atoms with Gasteiger partial charge in [0, 0.05) is 11.6 Å². The fourth-order valence-electron chi connectivity index (χ4n) is 3.52. The number of hydrogen-bond acceptors (Lipinski definition) is 1. The van der Waals surface area contributed by atoms with E-state index < -0.39 is 0 Å². The molecule has 0 saturated heterocycles. The molecule has 0 amide bonds. The summed E-state index contributed by atoms with van der Waals surface area (Å²) in [5, 5.41) is 7.71. The SMILES string of the molecule is C(=Nc1ccc2ccc3cccc4ccc1c2c34)c1ccccc1. The molecular weight excluding hydrogens is 290 g/mol. The second-order valence-corrected chi connectivity index (χ2v) is 6.11. The van der Waals surface area contributed by atoms with Crippen LogP contribution in [0.15, 0.2) is 89.9 Å². The first-order chi connectivity index (χ1) is 11.9. The molecule has 24 heavy (non-hydrogen) atoms. The zero-order valence-corrected chi connectivity index (χ0v) is 13.1. The molecule has 112 valence electrons. The van der Waals surface area contributed by atoms with Crippen LogP contribution >= 0.6 is 0 Å². The fourth-order valence-corrected chi connectivity index (χ4v) is 3.52. The van der Waals surface area contributed by atoms with Crippen molar-refractivity contribution in [3.63, 3.8) is 0 Å². The summed E-state index contributed by atoms with van der Waals surface area (Å²) in [5.74, 6) is 0. The second kappa shape index (κ2) is 5.17. The van der Waals surface area contributed by atoms with E-state index in [1.54, 1.807) is 0 Å². The Morgan fingerprint density at radius 1 is 0.542 bits per heavy atom. The molecule has 0 aliphatic carbocycles. The highest BCUT2D eigenvalue weighted by molar-refractivity contribution is 6.25. The highest BCUT2D eigenvalue weighted by Crippen LogP contribution is 2.38. The van der Waals surface area contributed by atoms with Crippen LogP contribution in [0.2, 0.25) is 0 Å². The highest BCUT2D eigenvalue weighted by atomic mass is 14.7. The quantitative estimate of drug-likeness (QED) is 0.267. The minimum atomic E-state index is 1.02. The molecule has 1 nitrogen and oxygen atoms in total. The lowest BCUT2D eigenvalue weighted by Gasteiger charge is -2.11. The summed E-state index contributed by atoms with van der Waals surface area (Å²) < 4.78 is 0. The first kappa shape index (κ1) is 13.3. The zero-order valence-electron chi connectivity index (χ0n) is 13.1. The van der Waals surface area contributed by atoms with Crippen LogP contribution in [-0.2, 0) is 0 Å². The summed E-state index contributed by atoms with van der Waals surface area (Å²) >= 11 is 0. The Morgan fingerprint density at radius 3 is 2.00 bits per heavy atom. The molecule has 0 aliphatic rings. The van der Waals surface area contributed by atoms with Gasteiger partial charge >= 0.3 is 0 Å². The van der Waals surface area contributed by atoms with Gasteiger partial charge in [0.05, 0.1) is 5.69 Å². The molecule has 1 heteroatoms. The predicted molar refractivity (Wildman–Crippen MR) is 104 cm³/mol. The summed E-state index contributed by atoms with van der Waals surface area (Å²) in [6, 6.07) is 29.8. The number of hydrogen-bond donors (Lipinski definition) is 0. The maximum absolute atomic E-state index is 4.76. The van der Waals surface area contributed by atoms with Gasteiger partial charge in [-0.15, -0.1) is 0 Å². The van der Waals surface area contributed by atoms with Gasteiger partial charge in [-0.25, -0.2) is 0 Å². The van der Waals surface area contributed by atoms with Crippen molar-refractivity contribution in [3.05, 3.63) is 90.5 Å². The maximum atomic E-state index is 4.76. The van der Waals surface area contributed by atoms with Crippen LogP contribution in [0.1, 0.15) is 5.56 Å². The molecule has 0 bridgehead atoms. The average Bonchev–Trinajstić information content (AvgIpc) is 2.66. The van der Waals surface area contributed by atoms with Crippen LogP contribution in [0, 0.1) is 0 Å². The van der Waals surface area contributed by atoms with Gasteiger partial charge in [-0.05, 0) is 38.6 Å². The normalized spacial score (nSPS) is 12.0. The molecule has 0 aromatic heterocycles. The Morgan fingerprint density at radius 2 is 1.21 bits per heavy atom. The van der Waals surface area contributed by atoms with Crippen LogP contribution < -0.4 is 0 Å². The van der Waals surface area contributed by atoms with E-state index in [2.05, 4.69) is 66.7 Å². The van der Waals surface area contributed by atoms with Crippen molar-refractivity contribution in [1.29, 1.82) is 0 Å². The van der Waals surface area contributed by atoms with Crippen molar-refractivity contribution in [3.8, 4) is 0 Å². The van der Waals surface area contributed by atoms with Gasteiger partial charge in [0.2, 0.25) is 0 Å². The molecular formula is C23H15N. The van der Waals surface area contributed by atoms with Crippen molar-refractivity contribution < 1.29 is 0 Å². The van der Waals surface area contributed by atoms with E-state index in [4.69, 9.17) is 4.99 Å². The van der Waals surface area contributed by atoms with E-state index >= 15 is 0 Å². The van der Waals surface area contributed by atoms with Gasteiger partial charge in [-0.3, -0.25) is 4.99 Å². The summed E-state index contributed by atoms with van der Waals surface area (Å²) in [5.41, 5.74) is 2.13. The van der Waals surface area contributed by atoms with E-state index in [1.165, 1.54) is 32.3 Å². The van der Waals surface area contributed by atoms with Crippen LogP contribution in [-0.4, -0.2) is 6.21 Å². The van der Waals surface area contributed by atoms with Crippen molar-refractivity contribution in [2.75, 3.05) is 0 Å². The minimum Gasteiger partial charge on any atom is -0.256 e. The third kappa shape index (κ3) is 1.99. The highest BCUT2D eigenvalue weighted by Gasteiger charge is 2.09. The van der Waals surface area contributed by atoms with Gasteiger partial charge in [-0.2, -0.15) is 0 Å². The minimum absolute atomic E-state index is 1.02. The van der Waals surface area contributed by atoms with Gasteiger partial charge in [0.25, 0.3) is 0 Å².